The average Bonchev–Trinajstić information content (AvgIpc) is 2.63. The summed E-state index contributed by atoms with van der Waals surface area (Å²) >= 11 is 5.98. The molecule has 2 aromatic carbocycles. The van der Waals surface area contributed by atoms with Crippen LogP contribution in [0.15, 0.2) is 65.9 Å². The molecule has 0 atom stereocenters. The van der Waals surface area contributed by atoms with E-state index in [1.54, 1.807) is 6.20 Å². The molecule has 0 aliphatic heterocycles. The zero-order chi connectivity index (χ0) is 16.8. The Labute approximate surface area is 145 Å². The van der Waals surface area contributed by atoms with Crippen LogP contribution in [0.25, 0.3) is 11.4 Å². The highest BCUT2D eigenvalue weighted by Crippen LogP contribution is 2.16. The number of benzene rings is 2. The second kappa shape index (κ2) is 7.66. The first-order valence-corrected chi connectivity index (χ1v) is 7.97. The van der Waals surface area contributed by atoms with Crippen molar-refractivity contribution in [2.75, 3.05) is 5.43 Å². The van der Waals surface area contributed by atoms with E-state index < -0.39 is 0 Å². The summed E-state index contributed by atoms with van der Waals surface area (Å²) in [6, 6.07) is 17.1. The molecule has 0 spiro atoms. The van der Waals surface area contributed by atoms with Crippen molar-refractivity contribution in [3.8, 4) is 11.4 Å². The summed E-state index contributed by atoms with van der Waals surface area (Å²) in [5.41, 5.74) is 6.24. The van der Waals surface area contributed by atoms with Gasteiger partial charge in [-0.05, 0) is 24.6 Å². The van der Waals surface area contributed by atoms with Crippen molar-refractivity contribution >= 4 is 23.0 Å². The van der Waals surface area contributed by atoms with Gasteiger partial charge in [-0.15, -0.1) is 5.10 Å². The van der Waals surface area contributed by atoms with Gasteiger partial charge in [0.25, 0.3) is 0 Å². The number of hydrogen-bond donors (Lipinski definition) is 1. The fourth-order valence-electron chi connectivity index (χ4n) is 2.16. The van der Waals surface area contributed by atoms with E-state index in [1.165, 1.54) is 0 Å². The van der Waals surface area contributed by atoms with E-state index >= 15 is 0 Å². The summed E-state index contributed by atoms with van der Waals surface area (Å²) in [5.74, 6) is 0.581. The Morgan fingerprint density at radius 2 is 1.96 bits per heavy atom. The minimum absolute atomic E-state index is 0.581. The molecule has 0 aliphatic carbocycles. The molecular formula is C18H16ClN5. The molecule has 1 N–H and O–H groups in total. The van der Waals surface area contributed by atoms with Crippen LogP contribution in [0, 0.1) is 0 Å². The summed E-state index contributed by atoms with van der Waals surface area (Å²) in [6.45, 7) is 2.02. The fourth-order valence-corrected chi connectivity index (χ4v) is 2.35. The van der Waals surface area contributed by atoms with Gasteiger partial charge in [-0.3, -0.25) is 5.43 Å². The molecule has 0 unspecified atom stereocenters. The Morgan fingerprint density at radius 3 is 2.71 bits per heavy atom. The second-order valence-corrected chi connectivity index (χ2v) is 5.50. The number of aromatic nitrogens is 3. The lowest BCUT2D eigenvalue weighted by Crippen LogP contribution is -2.08. The number of nitrogens with one attached hydrogen (secondary N) is 1. The van der Waals surface area contributed by atoms with Crippen molar-refractivity contribution in [1.82, 2.24) is 15.2 Å². The highest BCUT2D eigenvalue weighted by molar-refractivity contribution is 6.30. The molecule has 0 fully saturated rings. The van der Waals surface area contributed by atoms with Gasteiger partial charge >= 0.3 is 0 Å². The fraction of sp³-hybridized carbons (Fsp3) is 0.111. The molecule has 1 aromatic heterocycles. The first kappa shape index (κ1) is 16.1. The van der Waals surface area contributed by atoms with Crippen LogP contribution in [0.5, 0.6) is 0 Å². The molecule has 0 amide bonds. The molecule has 3 aromatic rings. The third kappa shape index (κ3) is 3.94. The molecule has 0 aliphatic rings. The highest BCUT2D eigenvalue weighted by atomic mass is 35.5. The van der Waals surface area contributed by atoms with Crippen LogP contribution in [0.1, 0.15) is 19.0 Å². The topological polar surface area (TPSA) is 63.1 Å². The first-order chi connectivity index (χ1) is 11.8. The molecule has 6 heteroatoms. The molecular weight excluding hydrogens is 322 g/mol. The number of nitrogens with zero attached hydrogens (tertiary/aromatic N) is 4. The van der Waals surface area contributed by atoms with Gasteiger partial charge in [0.2, 0.25) is 0 Å². The van der Waals surface area contributed by atoms with Crippen molar-refractivity contribution < 1.29 is 0 Å². The van der Waals surface area contributed by atoms with E-state index in [0.717, 1.165) is 17.0 Å². The van der Waals surface area contributed by atoms with Gasteiger partial charge in [0.15, 0.2) is 5.82 Å². The monoisotopic (exact) mass is 337 g/mol. The van der Waals surface area contributed by atoms with Crippen molar-refractivity contribution in [1.29, 1.82) is 0 Å². The maximum Gasteiger partial charge on any atom is 0.182 e. The van der Waals surface area contributed by atoms with E-state index in [-0.39, 0.29) is 0 Å². The van der Waals surface area contributed by atoms with Crippen LogP contribution >= 0.6 is 11.6 Å². The van der Waals surface area contributed by atoms with Crippen LogP contribution in [0.3, 0.4) is 0 Å². The Balaban J connectivity index is 1.87. The SMILES string of the molecule is CC/C(=N/Nc1cccc(Cl)c1)c1cnnc(-c2ccccc2)n1. The van der Waals surface area contributed by atoms with E-state index in [1.807, 2.05) is 61.5 Å². The molecule has 0 saturated heterocycles. The van der Waals surface area contributed by atoms with Crippen molar-refractivity contribution in [3.05, 3.63) is 71.5 Å². The molecule has 1 heterocycles. The largest absolute Gasteiger partial charge is 0.278 e. The van der Waals surface area contributed by atoms with Gasteiger partial charge in [-0.2, -0.15) is 10.2 Å². The van der Waals surface area contributed by atoms with Crippen LogP contribution < -0.4 is 5.43 Å². The van der Waals surface area contributed by atoms with Gasteiger partial charge < -0.3 is 0 Å². The zero-order valence-electron chi connectivity index (χ0n) is 13.1. The lowest BCUT2D eigenvalue weighted by Gasteiger charge is -2.06. The predicted molar refractivity (Wildman–Crippen MR) is 97.2 cm³/mol. The van der Waals surface area contributed by atoms with E-state index in [2.05, 4.69) is 25.7 Å². The first-order valence-electron chi connectivity index (χ1n) is 7.60. The number of hydrogen-bond acceptors (Lipinski definition) is 5. The van der Waals surface area contributed by atoms with Gasteiger partial charge in [0.05, 0.1) is 17.6 Å². The number of anilines is 1. The maximum absolute atomic E-state index is 5.98. The number of halogens is 1. The smallest absolute Gasteiger partial charge is 0.182 e. The Bertz CT molecular complexity index is 849. The highest BCUT2D eigenvalue weighted by Gasteiger charge is 2.08. The van der Waals surface area contributed by atoms with Crippen LogP contribution in [0.2, 0.25) is 5.02 Å². The van der Waals surface area contributed by atoms with E-state index in [9.17, 15) is 0 Å². The molecule has 0 saturated carbocycles. The minimum Gasteiger partial charge on any atom is -0.278 e. The van der Waals surface area contributed by atoms with Crippen LogP contribution in [-0.2, 0) is 0 Å². The summed E-state index contributed by atoms with van der Waals surface area (Å²) < 4.78 is 0. The Kier molecular flexibility index (Phi) is 5.13. The third-order valence-electron chi connectivity index (χ3n) is 3.37. The molecule has 120 valence electrons. The van der Waals surface area contributed by atoms with Gasteiger partial charge in [-0.25, -0.2) is 4.98 Å². The van der Waals surface area contributed by atoms with Crippen LogP contribution in [-0.4, -0.2) is 20.9 Å². The van der Waals surface area contributed by atoms with Crippen molar-refractivity contribution in [2.24, 2.45) is 5.10 Å². The molecule has 0 radical (unpaired) electrons. The molecule has 5 nitrogen and oxygen atoms in total. The quantitative estimate of drug-likeness (QED) is 0.553. The lowest BCUT2D eigenvalue weighted by molar-refractivity contribution is 0.966. The van der Waals surface area contributed by atoms with E-state index in [4.69, 9.17) is 11.6 Å². The predicted octanol–water partition coefficient (Wildman–Crippen LogP) is 4.42. The summed E-state index contributed by atoms with van der Waals surface area (Å²) in [4.78, 5) is 4.57. The van der Waals surface area contributed by atoms with Gasteiger partial charge in [0, 0.05) is 10.6 Å². The number of hydrazone groups is 1. The summed E-state index contributed by atoms with van der Waals surface area (Å²) in [5, 5.41) is 13.3. The van der Waals surface area contributed by atoms with Gasteiger partial charge in [0.1, 0.15) is 5.69 Å². The van der Waals surface area contributed by atoms with Crippen LogP contribution in [0.4, 0.5) is 5.69 Å². The summed E-state index contributed by atoms with van der Waals surface area (Å²) in [7, 11) is 0. The van der Waals surface area contributed by atoms with E-state index in [0.29, 0.717) is 23.0 Å². The Morgan fingerprint density at radius 1 is 1.12 bits per heavy atom. The van der Waals surface area contributed by atoms with Crippen molar-refractivity contribution in [2.45, 2.75) is 13.3 Å². The average molecular weight is 338 g/mol. The third-order valence-corrected chi connectivity index (χ3v) is 3.60. The minimum atomic E-state index is 0.581. The standard InChI is InChI=1S/C18H16ClN5/c1-2-16(23-22-15-10-6-9-14(19)11-15)17-12-20-24-18(21-17)13-7-4-3-5-8-13/h3-12,22H,2H2,1H3/b23-16-. The van der Waals surface area contributed by atoms with Crippen molar-refractivity contribution in [3.63, 3.8) is 0 Å². The normalized spacial score (nSPS) is 11.3. The zero-order valence-corrected chi connectivity index (χ0v) is 13.9. The lowest BCUT2D eigenvalue weighted by atomic mass is 10.2. The maximum atomic E-state index is 5.98. The Hall–Kier alpha value is -2.79. The molecule has 0 bridgehead atoms. The molecule has 3 rings (SSSR count). The van der Waals surface area contributed by atoms with Gasteiger partial charge in [-0.1, -0.05) is 54.9 Å². The molecule has 24 heavy (non-hydrogen) atoms. The number of rotatable bonds is 5. The summed E-state index contributed by atoms with van der Waals surface area (Å²) in [6.07, 6.45) is 2.33. The second-order valence-electron chi connectivity index (χ2n) is 5.07.